The van der Waals surface area contributed by atoms with Gasteiger partial charge in [0.25, 0.3) is 0 Å². The van der Waals surface area contributed by atoms with E-state index >= 15 is 0 Å². The van der Waals surface area contributed by atoms with Gasteiger partial charge in [0.05, 0.1) is 4.47 Å². The molecule has 0 aliphatic carbocycles. The highest BCUT2D eigenvalue weighted by Crippen LogP contribution is 2.27. The Morgan fingerprint density at radius 3 is 2.90 bits per heavy atom. The second-order valence-electron chi connectivity index (χ2n) is 4.08. The van der Waals surface area contributed by atoms with E-state index in [2.05, 4.69) is 20.9 Å². The monoisotopic (exact) mass is 332 g/mol. The Hall–Kier alpha value is -2.14. The summed E-state index contributed by atoms with van der Waals surface area (Å²) in [6.07, 6.45) is 6.45. The lowest BCUT2D eigenvalue weighted by Gasteiger charge is -2.08. The molecule has 20 heavy (non-hydrogen) atoms. The average molecular weight is 333 g/mol. The maximum atomic E-state index is 10.7. The van der Waals surface area contributed by atoms with E-state index in [0.29, 0.717) is 6.61 Å². The van der Waals surface area contributed by atoms with E-state index in [9.17, 15) is 4.79 Å². The van der Waals surface area contributed by atoms with Gasteiger partial charge in [0.15, 0.2) is 0 Å². The molecule has 1 heterocycles. The summed E-state index contributed by atoms with van der Waals surface area (Å²) >= 11 is 3.44. The van der Waals surface area contributed by atoms with Crippen LogP contribution in [0.5, 0.6) is 5.75 Å². The molecule has 1 aromatic carbocycles. The summed E-state index contributed by atoms with van der Waals surface area (Å²) in [4.78, 5) is 14.7. The number of carbonyl (C=O) groups excluding carboxylic acids is 1. The molecule has 102 valence electrons. The minimum Gasteiger partial charge on any atom is -0.488 e. The number of pyridine rings is 1. The zero-order valence-corrected chi connectivity index (χ0v) is 12.2. The summed E-state index contributed by atoms with van der Waals surface area (Å²) in [7, 11) is 0. The van der Waals surface area contributed by atoms with Gasteiger partial charge in [0.1, 0.15) is 12.4 Å². The van der Waals surface area contributed by atoms with Crippen molar-refractivity contribution in [1.82, 2.24) is 4.98 Å². The largest absolute Gasteiger partial charge is 0.488 e. The van der Waals surface area contributed by atoms with Crippen LogP contribution in [-0.2, 0) is 11.4 Å². The SMILES string of the molecule is NC(=O)/C=C/c1ccc(OCc2cccnc2)c(Br)c1. The van der Waals surface area contributed by atoms with Crippen molar-refractivity contribution in [2.45, 2.75) is 6.61 Å². The molecule has 2 N–H and O–H groups in total. The first-order chi connectivity index (χ1) is 9.65. The van der Waals surface area contributed by atoms with Crippen LogP contribution < -0.4 is 10.5 Å². The fourth-order valence-corrected chi connectivity index (χ4v) is 2.07. The van der Waals surface area contributed by atoms with Crippen molar-refractivity contribution >= 4 is 27.9 Å². The second-order valence-corrected chi connectivity index (χ2v) is 4.93. The molecule has 4 nitrogen and oxygen atoms in total. The van der Waals surface area contributed by atoms with Crippen molar-refractivity contribution in [2.75, 3.05) is 0 Å². The van der Waals surface area contributed by atoms with E-state index in [1.165, 1.54) is 6.08 Å². The molecule has 0 saturated heterocycles. The van der Waals surface area contributed by atoms with Crippen LogP contribution in [0.15, 0.2) is 53.3 Å². The molecular formula is C15H13BrN2O2. The summed E-state index contributed by atoms with van der Waals surface area (Å²) in [6.45, 7) is 0.447. The highest BCUT2D eigenvalue weighted by molar-refractivity contribution is 9.10. The van der Waals surface area contributed by atoms with Gasteiger partial charge in [0.2, 0.25) is 5.91 Å². The molecule has 0 bridgehead atoms. The number of nitrogens with two attached hydrogens (primary N) is 1. The number of hydrogen-bond donors (Lipinski definition) is 1. The lowest BCUT2D eigenvalue weighted by Crippen LogP contribution is -2.05. The van der Waals surface area contributed by atoms with Crippen molar-refractivity contribution in [1.29, 1.82) is 0 Å². The lowest BCUT2D eigenvalue weighted by molar-refractivity contribution is -0.113. The normalized spacial score (nSPS) is 10.7. The Balaban J connectivity index is 2.04. The van der Waals surface area contributed by atoms with E-state index in [-0.39, 0.29) is 0 Å². The number of benzene rings is 1. The molecule has 0 aliphatic rings. The lowest BCUT2D eigenvalue weighted by atomic mass is 10.2. The number of hydrogen-bond acceptors (Lipinski definition) is 3. The zero-order valence-electron chi connectivity index (χ0n) is 10.6. The van der Waals surface area contributed by atoms with Gasteiger partial charge in [-0.05, 0) is 45.8 Å². The molecule has 5 heteroatoms. The molecule has 0 fully saturated rings. The van der Waals surface area contributed by atoms with Crippen LogP contribution in [0.3, 0.4) is 0 Å². The zero-order chi connectivity index (χ0) is 14.4. The number of nitrogens with zero attached hydrogens (tertiary/aromatic N) is 1. The average Bonchev–Trinajstić information content (AvgIpc) is 2.45. The van der Waals surface area contributed by atoms with E-state index in [1.54, 1.807) is 18.5 Å². The van der Waals surface area contributed by atoms with Gasteiger partial charge in [-0.3, -0.25) is 9.78 Å². The Labute approximate surface area is 125 Å². The van der Waals surface area contributed by atoms with Crippen LogP contribution in [0.1, 0.15) is 11.1 Å². The van der Waals surface area contributed by atoms with Crippen molar-refractivity contribution in [3.8, 4) is 5.75 Å². The third-order valence-electron chi connectivity index (χ3n) is 2.51. The molecule has 0 atom stereocenters. The highest BCUT2D eigenvalue weighted by atomic mass is 79.9. The van der Waals surface area contributed by atoms with E-state index in [0.717, 1.165) is 21.3 Å². The number of amides is 1. The first kappa shape index (κ1) is 14.3. The standard InChI is InChI=1S/C15H13BrN2O2/c16-13-8-11(4-6-15(17)19)3-5-14(13)20-10-12-2-1-7-18-9-12/h1-9H,10H2,(H2,17,19)/b6-4+. The number of halogens is 1. The highest BCUT2D eigenvalue weighted by Gasteiger charge is 2.02. The maximum Gasteiger partial charge on any atom is 0.241 e. The fourth-order valence-electron chi connectivity index (χ4n) is 1.56. The van der Waals surface area contributed by atoms with Crippen molar-refractivity contribution in [3.63, 3.8) is 0 Å². The molecule has 2 aromatic rings. The minimum atomic E-state index is -0.474. The number of carbonyl (C=O) groups is 1. The van der Waals surface area contributed by atoms with Gasteiger partial charge < -0.3 is 10.5 Å². The van der Waals surface area contributed by atoms with Gasteiger partial charge in [-0.25, -0.2) is 0 Å². The summed E-state index contributed by atoms with van der Waals surface area (Å²) in [5.41, 5.74) is 6.91. The Morgan fingerprint density at radius 2 is 2.25 bits per heavy atom. The van der Waals surface area contributed by atoms with Crippen LogP contribution in [0.2, 0.25) is 0 Å². The molecule has 0 saturated carbocycles. The third kappa shape index (κ3) is 4.20. The third-order valence-corrected chi connectivity index (χ3v) is 3.13. The molecule has 0 aliphatic heterocycles. The molecule has 0 unspecified atom stereocenters. The summed E-state index contributed by atoms with van der Waals surface area (Å²) in [5.74, 6) is 0.253. The first-order valence-electron chi connectivity index (χ1n) is 5.94. The second kappa shape index (κ2) is 6.86. The van der Waals surface area contributed by atoms with E-state index in [4.69, 9.17) is 10.5 Å². The number of ether oxygens (including phenoxy) is 1. The topological polar surface area (TPSA) is 65.2 Å². The molecule has 1 amide bonds. The van der Waals surface area contributed by atoms with Gasteiger partial charge in [0, 0.05) is 24.0 Å². The number of aromatic nitrogens is 1. The molecule has 1 aromatic heterocycles. The molecule has 2 rings (SSSR count). The minimum absolute atomic E-state index is 0.447. The van der Waals surface area contributed by atoms with Crippen LogP contribution in [0, 0.1) is 0 Å². The summed E-state index contributed by atoms with van der Waals surface area (Å²) in [6, 6.07) is 9.36. The maximum absolute atomic E-state index is 10.7. The number of primary amides is 1. The van der Waals surface area contributed by atoms with E-state index in [1.807, 2.05) is 30.3 Å². The van der Waals surface area contributed by atoms with Gasteiger partial charge in [-0.1, -0.05) is 12.1 Å². The first-order valence-corrected chi connectivity index (χ1v) is 6.73. The van der Waals surface area contributed by atoms with Gasteiger partial charge in [-0.15, -0.1) is 0 Å². The quantitative estimate of drug-likeness (QED) is 0.856. The summed E-state index contributed by atoms with van der Waals surface area (Å²) in [5, 5.41) is 0. The molecule has 0 radical (unpaired) electrons. The van der Waals surface area contributed by atoms with Crippen LogP contribution in [-0.4, -0.2) is 10.9 Å². The summed E-state index contributed by atoms with van der Waals surface area (Å²) < 4.78 is 6.51. The molecule has 0 spiro atoms. The predicted octanol–water partition coefficient (Wildman–Crippen LogP) is 2.92. The van der Waals surface area contributed by atoms with Gasteiger partial charge >= 0.3 is 0 Å². The Morgan fingerprint density at radius 1 is 1.40 bits per heavy atom. The Bertz CT molecular complexity index is 627. The molecular weight excluding hydrogens is 320 g/mol. The van der Waals surface area contributed by atoms with Gasteiger partial charge in [-0.2, -0.15) is 0 Å². The van der Waals surface area contributed by atoms with Crippen molar-refractivity contribution in [3.05, 3.63) is 64.4 Å². The van der Waals surface area contributed by atoms with E-state index < -0.39 is 5.91 Å². The van der Waals surface area contributed by atoms with Crippen LogP contribution >= 0.6 is 15.9 Å². The predicted molar refractivity (Wildman–Crippen MR) is 80.9 cm³/mol. The van der Waals surface area contributed by atoms with Crippen LogP contribution in [0.4, 0.5) is 0 Å². The smallest absolute Gasteiger partial charge is 0.241 e. The number of rotatable bonds is 5. The Kier molecular flexibility index (Phi) is 4.90. The van der Waals surface area contributed by atoms with Crippen LogP contribution in [0.25, 0.3) is 6.08 Å². The van der Waals surface area contributed by atoms with Crippen molar-refractivity contribution < 1.29 is 9.53 Å². The fraction of sp³-hybridized carbons (Fsp3) is 0.0667. The van der Waals surface area contributed by atoms with Crippen molar-refractivity contribution in [2.24, 2.45) is 5.73 Å².